The minimum atomic E-state index is -1.31. The van der Waals surface area contributed by atoms with E-state index < -0.39 is 53.3 Å². The SMILES string of the molecule is Nc1nc2c(c(=O)[nH]1)NC(CNc1ccc(C(=O)N[C@@H](CCC(=O)O)C(=O)O)cc1)CN2.Nc1nc2ncc(CNc3ccc(C(=O)N[C@@H](CCC(=O)O)C(=O)O)cc3)nc2c(=O)[nH]1. The summed E-state index contributed by atoms with van der Waals surface area (Å²) in [6.07, 6.45) is 0.254. The van der Waals surface area contributed by atoms with Gasteiger partial charge in [0.25, 0.3) is 22.9 Å². The number of rotatable bonds is 18. The molecule has 26 heteroatoms. The van der Waals surface area contributed by atoms with Crippen molar-refractivity contribution in [3.63, 3.8) is 0 Å². The number of anilines is 6. The van der Waals surface area contributed by atoms with Gasteiger partial charge in [-0.05, 0) is 61.4 Å². The van der Waals surface area contributed by atoms with Crippen molar-refractivity contribution in [2.24, 2.45) is 0 Å². The van der Waals surface area contributed by atoms with Gasteiger partial charge in [-0.25, -0.2) is 19.6 Å². The van der Waals surface area contributed by atoms with Crippen molar-refractivity contribution in [3.8, 4) is 0 Å². The Labute approximate surface area is 359 Å². The van der Waals surface area contributed by atoms with Crippen LogP contribution in [0.15, 0.2) is 64.3 Å². The molecular weight excluding hydrogens is 845 g/mol. The van der Waals surface area contributed by atoms with Gasteiger partial charge in [0.15, 0.2) is 17.0 Å². The number of nitrogens with two attached hydrogens (primary N) is 2. The smallest absolute Gasteiger partial charge is 0.326 e. The fourth-order valence-corrected chi connectivity index (χ4v) is 5.85. The lowest BCUT2D eigenvalue weighted by Crippen LogP contribution is -2.41. The molecule has 2 amide bonds. The van der Waals surface area contributed by atoms with Gasteiger partial charge in [-0.1, -0.05) is 0 Å². The molecule has 0 spiro atoms. The van der Waals surface area contributed by atoms with E-state index in [2.05, 4.69) is 61.8 Å². The standard InChI is InChI=1S/C19H23N7O6.C19H19N7O6/c2*20-19-25-15-14(17(30)26-19)23-11(8-22-15)7-21-10-3-1-9(2-4-10)16(29)24-12(18(31)32)5-6-13(27)28/h1-4,11-12,21,23H,5-8H2,(H,24,29)(H,27,28)(H,31,32)(H4,20,22,25,26,30);1-4,8,12,21H,5-7H2,(H,24,29)(H,27,28)(H,31,32)(H3,20,22,25,26,30)/t11?,12-;12-/m00/s1. The number of aromatic amines is 2. The fourth-order valence-electron chi connectivity index (χ4n) is 5.85. The Morgan fingerprint density at radius 3 is 1.75 bits per heavy atom. The molecule has 0 bridgehead atoms. The van der Waals surface area contributed by atoms with Crippen LogP contribution in [-0.2, 0) is 25.7 Å². The second kappa shape index (κ2) is 21.1. The predicted molar refractivity (Wildman–Crippen MR) is 228 cm³/mol. The highest BCUT2D eigenvalue weighted by Gasteiger charge is 2.24. The Morgan fingerprint density at radius 2 is 1.22 bits per heavy atom. The molecule has 26 nitrogen and oxygen atoms in total. The van der Waals surface area contributed by atoms with Crippen molar-refractivity contribution in [3.05, 3.63) is 92.3 Å². The zero-order chi connectivity index (χ0) is 46.5. The fraction of sp³-hybridized carbons (Fsp3) is 0.263. The molecule has 336 valence electrons. The molecule has 1 aliphatic rings. The first-order valence-electron chi connectivity index (χ1n) is 19.1. The Hall–Kier alpha value is -8.84. The van der Waals surface area contributed by atoms with Gasteiger partial charge in [0.1, 0.15) is 17.8 Å². The number of hydrogen-bond donors (Lipinski definition) is 14. The number of fused-ring (bicyclic) bond motifs is 2. The molecule has 0 aliphatic carbocycles. The molecule has 0 saturated heterocycles. The highest BCUT2D eigenvalue weighted by Crippen LogP contribution is 2.20. The topological polar surface area (TPSA) is 425 Å². The van der Waals surface area contributed by atoms with Gasteiger partial charge in [-0.3, -0.25) is 38.7 Å². The number of nitrogen functional groups attached to an aromatic ring is 2. The van der Waals surface area contributed by atoms with E-state index in [1.165, 1.54) is 30.5 Å². The third-order valence-corrected chi connectivity index (χ3v) is 9.11. The lowest BCUT2D eigenvalue weighted by molar-refractivity contribution is -0.142. The van der Waals surface area contributed by atoms with E-state index in [-0.39, 0.29) is 78.0 Å². The number of amides is 2. The number of benzene rings is 2. The van der Waals surface area contributed by atoms with Crippen LogP contribution < -0.4 is 54.5 Å². The quantitative estimate of drug-likeness (QED) is 0.0536. The first kappa shape index (κ1) is 46.2. The van der Waals surface area contributed by atoms with Crippen LogP contribution in [0.5, 0.6) is 0 Å². The highest BCUT2D eigenvalue weighted by molar-refractivity contribution is 5.97. The number of nitrogens with zero attached hydrogens (tertiary/aromatic N) is 4. The number of aliphatic carboxylic acids is 4. The van der Waals surface area contributed by atoms with Gasteiger partial charge in [-0.2, -0.15) is 9.97 Å². The Bertz CT molecular complexity index is 2660. The molecule has 1 aliphatic heterocycles. The number of hydrogen-bond acceptors (Lipinski definition) is 18. The lowest BCUT2D eigenvalue weighted by atomic mass is 10.1. The summed E-state index contributed by atoms with van der Waals surface area (Å²) in [5.41, 5.74) is 12.9. The van der Waals surface area contributed by atoms with Crippen molar-refractivity contribution < 1.29 is 49.2 Å². The number of carboxylic acid groups (broad SMARTS) is 4. The molecule has 64 heavy (non-hydrogen) atoms. The maximum absolute atomic E-state index is 12.3. The van der Waals surface area contributed by atoms with Crippen molar-refractivity contribution >= 4 is 81.6 Å². The molecule has 5 aromatic rings. The van der Waals surface area contributed by atoms with Gasteiger partial charge in [0.2, 0.25) is 11.9 Å². The summed E-state index contributed by atoms with van der Waals surface area (Å²) in [4.78, 5) is 113. The molecule has 16 N–H and O–H groups in total. The van der Waals surface area contributed by atoms with Crippen LogP contribution >= 0.6 is 0 Å². The summed E-state index contributed by atoms with van der Waals surface area (Å²) >= 11 is 0. The monoisotopic (exact) mass is 886 g/mol. The first-order valence-corrected chi connectivity index (χ1v) is 19.1. The van der Waals surface area contributed by atoms with Crippen molar-refractivity contribution in [2.75, 3.05) is 45.8 Å². The van der Waals surface area contributed by atoms with Crippen molar-refractivity contribution in [1.29, 1.82) is 0 Å². The Kier molecular flexibility index (Phi) is 15.2. The summed E-state index contributed by atoms with van der Waals surface area (Å²) in [5, 5.41) is 52.7. The number of aromatic nitrogens is 6. The van der Waals surface area contributed by atoms with Crippen LogP contribution in [-0.4, -0.2) is 117 Å². The maximum Gasteiger partial charge on any atom is 0.326 e. The molecular formula is C38H42N14O12. The molecule has 3 aromatic heterocycles. The summed E-state index contributed by atoms with van der Waals surface area (Å²) in [7, 11) is 0. The average molecular weight is 887 g/mol. The molecule has 3 atom stereocenters. The van der Waals surface area contributed by atoms with Crippen LogP contribution in [0.4, 0.5) is 34.8 Å². The Morgan fingerprint density at radius 1 is 0.703 bits per heavy atom. The van der Waals surface area contributed by atoms with Crippen LogP contribution in [0.25, 0.3) is 11.2 Å². The third kappa shape index (κ3) is 13.1. The molecule has 1 unspecified atom stereocenters. The maximum atomic E-state index is 12.3. The van der Waals surface area contributed by atoms with Crippen LogP contribution in [0.2, 0.25) is 0 Å². The van der Waals surface area contributed by atoms with E-state index in [1.54, 1.807) is 24.3 Å². The zero-order valence-corrected chi connectivity index (χ0v) is 33.4. The summed E-state index contributed by atoms with van der Waals surface area (Å²) in [5.74, 6) is -5.80. The van der Waals surface area contributed by atoms with Gasteiger partial charge < -0.3 is 63.8 Å². The van der Waals surface area contributed by atoms with E-state index in [0.29, 0.717) is 41.7 Å². The van der Waals surface area contributed by atoms with Crippen LogP contribution in [0, 0.1) is 0 Å². The lowest BCUT2D eigenvalue weighted by Gasteiger charge is -2.27. The molecule has 2 aromatic carbocycles. The minimum absolute atomic E-state index is 0.0281. The molecule has 0 radical (unpaired) electrons. The third-order valence-electron chi connectivity index (χ3n) is 9.11. The Balaban J connectivity index is 0.000000241. The number of carboxylic acids is 4. The van der Waals surface area contributed by atoms with Gasteiger partial charge in [0.05, 0.1) is 24.5 Å². The number of nitrogens with one attached hydrogen (secondary N) is 8. The van der Waals surface area contributed by atoms with E-state index >= 15 is 0 Å². The van der Waals surface area contributed by atoms with Crippen LogP contribution in [0.1, 0.15) is 52.1 Å². The predicted octanol–water partition coefficient (Wildman–Crippen LogP) is -0.327. The van der Waals surface area contributed by atoms with E-state index in [1.807, 2.05) is 0 Å². The van der Waals surface area contributed by atoms with E-state index in [4.69, 9.17) is 31.9 Å². The average Bonchev–Trinajstić information content (AvgIpc) is 3.25. The molecule has 0 saturated carbocycles. The number of H-pyrrole nitrogens is 2. The second-order valence-corrected chi connectivity index (χ2v) is 13.9. The largest absolute Gasteiger partial charge is 0.481 e. The number of carbonyl (C=O) groups excluding carboxylic acids is 2. The molecule has 4 heterocycles. The van der Waals surface area contributed by atoms with Crippen LogP contribution in [0.3, 0.4) is 0 Å². The summed E-state index contributed by atoms with van der Waals surface area (Å²) < 4.78 is 0. The summed E-state index contributed by atoms with van der Waals surface area (Å²) in [6, 6.07) is 9.80. The molecule has 0 fully saturated rings. The second-order valence-electron chi connectivity index (χ2n) is 13.9. The first-order chi connectivity index (χ1) is 30.4. The number of carbonyl (C=O) groups is 6. The van der Waals surface area contributed by atoms with Gasteiger partial charge in [-0.15, -0.1) is 0 Å². The van der Waals surface area contributed by atoms with Crippen molar-refractivity contribution in [2.45, 2.75) is 50.4 Å². The van der Waals surface area contributed by atoms with E-state index in [0.717, 1.165) is 0 Å². The normalized spacial score (nSPS) is 13.5. The summed E-state index contributed by atoms with van der Waals surface area (Å²) in [6.45, 7) is 1.19. The minimum Gasteiger partial charge on any atom is -0.481 e. The van der Waals surface area contributed by atoms with E-state index in [9.17, 15) is 38.4 Å². The van der Waals surface area contributed by atoms with Gasteiger partial charge >= 0.3 is 23.9 Å². The molecule has 6 rings (SSSR count). The van der Waals surface area contributed by atoms with Gasteiger partial charge in [0, 0.05) is 48.4 Å². The van der Waals surface area contributed by atoms with Crippen molar-refractivity contribution in [1.82, 2.24) is 40.5 Å². The zero-order valence-electron chi connectivity index (χ0n) is 33.4. The highest BCUT2D eigenvalue weighted by atomic mass is 16.4.